The topological polar surface area (TPSA) is 29.0 Å². The lowest BCUT2D eigenvalue weighted by atomic mass is 9.94. The number of hydrogen-bond acceptors (Lipinski definition) is 3. The maximum atomic E-state index is 4.63. The molecular formula is C16H20ClN3. The highest BCUT2D eigenvalue weighted by molar-refractivity contribution is 5.85. The van der Waals surface area contributed by atoms with E-state index in [0.717, 1.165) is 30.2 Å². The number of aryl methyl sites for hydroxylation is 2. The van der Waals surface area contributed by atoms with Gasteiger partial charge in [-0.1, -0.05) is 24.3 Å². The molecule has 0 radical (unpaired) electrons. The minimum atomic E-state index is 0. The van der Waals surface area contributed by atoms with Crippen molar-refractivity contribution in [2.75, 3.05) is 11.4 Å². The van der Waals surface area contributed by atoms with Gasteiger partial charge in [0.1, 0.15) is 0 Å². The minimum Gasteiger partial charge on any atom is -0.334 e. The quantitative estimate of drug-likeness (QED) is 0.802. The van der Waals surface area contributed by atoms with Crippen molar-refractivity contribution in [1.29, 1.82) is 0 Å². The SMILES string of the molecule is Cc1cnc(N2CCc3ccccc3C2C)nc1C.Cl. The molecule has 2 heterocycles. The average molecular weight is 290 g/mol. The molecule has 0 saturated heterocycles. The minimum absolute atomic E-state index is 0. The molecule has 0 aliphatic carbocycles. The molecule has 1 aromatic carbocycles. The van der Waals surface area contributed by atoms with Crippen molar-refractivity contribution >= 4 is 18.4 Å². The number of anilines is 1. The summed E-state index contributed by atoms with van der Waals surface area (Å²) in [6.45, 7) is 7.31. The zero-order chi connectivity index (χ0) is 13.4. The van der Waals surface area contributed by atoms with Crippen LogP contribution < -0.4 is 4.90 Å². The van der Waals surface area contributed by atoms with E-state index in [1.54, 1.807) is 0 Å². The van der Waals surface area contributed by atoms with Crippen molar-refractivity contribution in [3.8, 4) is 0 Å². The van der Waals surface area contributed by atoms with E-state index in [2.05, 4.69) is 46.1 Å². The molecule has 0 fully saturated rings. The standard InChI is InChI=1S/C16H19N3.ClH/c1-11-10-17-16(18-12(11)2)19-9-8-14-6-4-5-7-15(14)13(19)3;/h4-7,10,13H,8-9H2,1-3H3;1H. The molecule has 2 aromatic rings. The predicted molar refractivity (Wildman–Crippen MR) is 84.7 cm³/mol. The van der Waals surface area contributed by atoms with Gasteiger partial charge in [0.25, 0.3) is 0 Å². The number of hydrogen-bond donors (Lipinski definition) is 0. The normalized spacial score (nSPS) is 17.4. The predicted octanol–water partition coefficient (Wildman–Crippen LogP) is 3.64. The van der Waals surface area contributed by atoms with Crippen molar-refractivity contribution in [3.05, 3.63) is 52.8 Å². The fraction of sp³-hybridized carbons (Fsp3) is 0.375. The molecule has 1 unspecified atom stereocenters. The van der Waals surface area contributed by atoms with Crippen LogP contribution in [0.5, 0.6) is 0 Å². The van der Waals surface area contributed by atoms with E-state index >= 15 is 0 Å². The molecule has 1 aliphatic rings. The number of nitrogens with zero attached hydrogens (tertiary/aromatic N) is 3. The van der Waals surface area contributed by atoms with E-state index < -0.39 is 0 Å². The van der Waals surface area contributed by atoms with Crippen molar-refractivity contribution in [1.82, 2.24) is 9.97 Å². The highest BCUT2D eigenvalue weighted by Crippen LogP contribution is 2.31. The van der Waals surface area contributed by atoms with E-state index in [-0.39, 0.29) is 12.4 Å². The van der Waals surface area contributed by atoms with Crippen LogP contribution in [-0.4, -0.2) is 16.5 Å². The second-order valence-electron chi connectivity index (χ2n) is 5.26. The van der Waals surface area contributed by atoms with Gasteiger partial charge in [0, 0.05) is 18.4 Å². The van der Waals surface area contributed by atoms with Gasteiger partial charge in [0.2, 0.25) is 5.95 Å². The monoisotopic (exact) mass is 289 g/mol. The van der Waals surface area contributed by atoms with Crippen LogP contribution in [0.1, 0.15) is 35.3 Å². The van der Waals surface area contributed by atoms with Crippen molar-refractivity contribution < 1.29 is 0 Å². The molecule has 1 aliphatic heterocycles. The van der Waals surface area contributed by atoms with Crippen LogP contribution >= 0.6 is 12.4 Å². The summed E-state index contributed by atoms with van der Waals surface area (Å²) in [6, 6.07) is 9.01. The first-order valence-electron chi connectivity index (χ1n) is 6.81. The van der Waals surface area contributed by atoms with Crippen LogP contribution in [0.2, 0.25) is 0 Å². The van der Waals surface area contributed by atoms with E-state index in [9.17, 15) is 0 Å². The Morgan fingerprint density at radius 3 is 2.70 bits per heavy atom. The Balaban J connectivity index is 0.00000147. The second kappa shape index (κ2) is 5.80. The van der Waals surface area contributed by atoms with Gasteiger partial charge in [-0.3, -0.25) is 0 Å². The summed E-state index contributed by atoms with van der Waals surface area (Å²) >= 11 is 0. The van der Waals surface area contributed by atoms with Gasteiger partial charge in [-0.05, 0) is 43.9 Å². The number of aromatic nitrogens is 2. The third-order valence-electron chi connectivity index (χ3n) is 4.06. The zero-order valence-electron chi connectivity index (χ0n) is 12.1. The molecule has 0 N–H and O–H groups in total. The molecule has 3 rings (SSSR count). The smallest absolute Gasteiger partial charge is 0.226 e. The number of fused-ring (bicyclic) bond motifs is 1. The lowest BCUT2D eigenvalue weighted by Gasteiger charge is -2.35. The number of halogens is 1. The van der Waals surface area contributed by atoms with E-state index in [1.165, 1.54) is 11.1 Å². The van der Waals surface area contributed by atoms with Crippen LogP contribution in [0.15, 0.2) is 30.5 Å². The molecule has 106 valence electrons. The van der Waals surface area contributed by atoms with Gasteiger partial charge < -0.3 is 4.90 Å². The highest BCUT2D eigenvalue weighted by Gasteiger charge is 2.25. The van der Waals surface area contributed by atoms with Crippen LogP contribution in [0.3, 0.4) is 0 Å². The van der Waals surface area contributed by atoms with Crippen LogP contribution in [-0.2, 0) is 6.42 Å². The van der Waals surface area contributed by atoms with Crippen molar-refractivity contribution in [2.45, 2.75) is 33.2 Å². The molecule has 1 atom stereocenters. The molecule has 0 amide bonds. The zero-order valence-corrected chi connectivity index (χ0v) is 12.9. The third kappa shape index (κ3) is 2.50. The summed E-state index contributed by atoms with van der Waals surface area (Å²) in [5, 5.41) is 0. The fourth-order valence-corrected chi connectivity index (χ4v) is 2.70. The van der Waals surface area contributed by atoms with Gasteiger partial charge in [0.05, 0.1) is 6.04 Å². The Bertz CT molecular complexity index is 612. The largest absolute Gasteiger partial charge is 0.334 e. The van der Waals surface area contributed by atoms with E-state index in [0.29, 0.717) is 6.04 Å². The maximum Gasteiger partial charge on any atom is 0.226 e. The van der Waals surface area contributed by atoms with E-state index in [1.807, 2.05) is 20.0 Å². The molecule has 20 heavy (non-hydrogen) atoms. The highest BCUT2D eigenvalue weighted by atomic mass is 35.5. The molecule has 0 saturated carbocycles. The van der Waals surface area contributed by atoms with Crippen LogP contribution in [0.4, 0.5) is 5.95 Å². The first-order chi connectivity index (χ1) is 9.16. The Morgan fingerprint density at radius 1 is 1.20 bits per heavy atom. The summed E-state index contributed by atoms with van der Waals surface area (Å²) in [6.07, 6.45) is 2.99. The maximum absolute atomic E-state index is 4.63. The first-order valence-corrected chi connectivity index (χ1v) is 6.81. The van der Waals surface area contributed by atoms with Gasteiger partial charge in [0.15, 0.2) is 0 Å². The van der Waals surface area contributed by atoms with Gasteiger partial charge in [-0.15, -0.1) is 12.4 Å². The molecule has 3 nitrogen and oxygen atoms in total. The molecule has 0 spiro atoms. The van der Waals surface area contributed by atoms with Crippen LogP contribution in [0, 0.1) is 13.8 Å². The Hall–Kier alpha value is -1.61. The Labute approximate surface area is 126 Å². The van der Waals surface area contributed by atoms with Gasteiger partial charge in [-0.25, -0.2) is 9.97 Å². The van der Waals surface area contributed by atoms with Crippen molar-refractivity contribution in [3.63, 3.8) is 0 Å². The van der Waals surface area contributed by atoms with Crippen molar-refractivity contribution in [2.24, 2.45) is 0 Å². The Morgan fingerprint density at radius 2 is 1.95 bits per heavy atom. The molecular weight excluding hydrogens is 270 g/mol. The summed E-state index contributed by atoms with van der Waals surface area (Å²) in [4.78, 5) is 11.4. The van der Waals surface area contributed by atoms with Gasteiger partial charge >= 0.3 is 0 Å². The number of benzene rings is 1. The fourth-order valence-electron chi connectivity index (χ4n) is 2.70. The summed E-state index contributed by atoms with van der Waals surface area (Å²) < 4.78 is 0. The Kier molecular flexibility index (Phi) is 4.29. The summed E-state index contributed by atoms with van der Waals surface area (Å²) in [5.41, 5.74) is 5.07. The second-order valence-corrected chi connectivity index (χ2v) is 5.26. The van der Waals surface area contributed by atoms with Gasteiger partial charge in [-0.2, -0.15) is 0 Å². The molecule has 4 heteroatoms. The number of rotatable bonds is 1. The third-order valence-corrected chi connectivity index (χ3v) is 4.06. The van der Waals surface area contributed by atoms with E-state index in [4.69, 9.17) is 0 Å². The first kappa shape index (κ1) is 14.8. The summed E-state index contributed by atoms with van der Waals surface area (Å²) in [5.74, 6) is 0.852. The molecule has 0 bridgehead atoms. The lowest BCUT2D eigenvalue weighted by molar-refractivity contribution is 0.607. The molecule has 1 aromatic heterocycles. The lowest BCUT2D eigenvalue weighted by Crippen LogP contribution is -2.35. The summed E-state index contributed by atoms with van der Waals surface area (Å²) in [7, 11) is 0. The van der Waals surface area contributed by atoms with Crippen LogP contribution in [0.25, 0.3) is 0 Å². The average Bonchev–Trinajstić information content (AvgIpc) is 2.43.